The number of hydrogen-bond acceptors (Lipinski definition) is 2. The van der Waals surface area contributed by atoms with Crippen LogP contribution < -0.4 is 0 Å². The molecule has 0 aliphatic heterocycles. The SMILES string of the molecule is Cc1sccc1C(O[Si](C)(C)C)C(C)C. The van der Waals surface area contributed by atoms with E-state index in [0.29, 0.717) is 5.92 Å². The second kappa shape index (κ2) is 4.81. The van der Waals surface area contributed by atoms with E-state index >= 15 is 0 Å². The Kier molecular flexibility index (Phi) is 4.15. The van der Waals surface area contributed by atoms with Crippen molar-refractivity contribution >= 4 is 19.7 Å². The standard InChI is InChI=1S/C12H22OSSi/c1-9(2)12(13-15(4,5)6)11-7-8-14-10(11)3/h7-9,12H,1-6H3. The van der Waals surface area contributed by atoms with Gasteiger partial charge in [-0.25, -0.2) is 0 Å². The summed E-state index contributed by atoms with van der Waals surface area (Å²) in [6.07, 6.45) is 0.280. The predicted molar refractivity (Wildman–Crippen MR) is 71.1 cm³/mol. The quantitative estimate of drug-likeness (QED) is 0.701. The lowest BCUT2D eigenvalue weighted by Gasteiger charge is -2.29. The molecule has 1 atom stereocenters. The molecule has 0 bridgehead atoms. The fourth-order valence-electron chi connectivity index (χ4n) is 1.63. The van der Waals surface area contributed by atoms with Crippen molar-refractivity contribution in [3.63, 3.8) is 0 Å². The molecule has 1 aromatic heterocycles. The summed E-state index contributed by atoms with van der Waals surface area (Å²) >= 11 is 1.81. The molecule has 0 saturated heterocycles. The van der Waals surface area contributed by atoms with Crippen molar-refractivity contribution in [3.05, 3.63) is 21.9 Å². The molecule has 1 rings (SSSR count). The van der Waals surface area contributed by atoms with Crippen LogP contribution in [0.2, 0.25) is 19.6 Å². The Hall–Kier alpha value is -0.123. The van der Waals surface area contributed by atoms with Crippen molar-refractivity contribution in [1.29, 1.82) is 0 Å². The summed E-state index contributed by atoms with van der Waals surface area (Å²) in [5.74, 6) is 0.546. The molecule has 1 unspecified atom stereocenters. The summed E-state index contributed by atoms with van der Waals surface area (Å²) in [5.41, 5.74) is 1.39. The molecule has 0 aromatic carbocycles. The fraction of sp³-hybridized carbons (Fsp3) is 0.667. The number of thiophene rings is 1. The first-order valence-corrected chi connectivity index (χ1v) is 9.82. The van der Waals surface area contributed by atoms with Crippen LogP contribution in [-0.2, 0) is 4.43 Å². The van der Waals surface area contributed by atoms with Gasteiger partial charge < -0.3 is 4.43 Å². The molecule has 3 heteroatoms. The normalized spacial score (nSPS) is 14.6. The monoisotopic (exact) mass is 242 g/mol. The lowest BCUT2D eigenvalue weighted by molar-refractivity contribution is 0.146. The van der Waals surface area contributed by atoms with Crippen LogP contribution in [0.1, 0.15) is 30.4 Å². The van der Waals surface area contributed by atoms with E-state index in [1.54, 1.807) is 0 Å². The average Bonchev–Trinajstić information content (AvgIpc) is 2.45. The van der Waals surface area contributed by atoms with Gasteiger partial charge in [-0.3, -0.25) is 0 Å². The van der Waals surface area contributed by atoms with E-state index in [-0.39, 0.29) is 6.10 Å². The molecule has 1 heterocycles. The molecule has 1 aromatic rings. The largest absolute Gasteiger partial charge is 0.410 e. The smallest absolute Gasteiger partial charge is 0.184 e. The van der Waals surface area contributed by atoms with Gasteiger partial charge in [-0.05, 0) is 49.5 Å². The lowest BCUT2D eigenvalue weighted by Crippen LogP contribution is -2.30. The van der Waals surface area contributed by atoms with Gasteiger partial charge in [0.25, 0.3) is 0 Å². The highest BCUT2D eigenvalue weighted by Crippen LogP contribution is 2.33. The van der Waals surface area contributed by atoms with Gasteiger partial charge >= 0.3 is 0 Å². The van der Waals surface area contributed by atoms with Crippen LogP contribution in [0.4, 0.5) is 0 Å². The first kappa shape index (κ1) is 12.9. The van der Waals surface area contributed by atoms with Crippen LogP contribution in [-0.4, -0.2) is 8.32 Å². The first-order chi connectivity index (χ1) is 6.81. The topological polar surface area (TPSA) is 9.23 Å². The minimum absolute atomic E-state index is 0.280. The zero-order chi connectivity index (χ0) is 11.6. The van der Waals surface area contributed by atoms with Gasteiger partial charge in [-0.1, -0.05) is 13.8 Å². The van der Waals surface area contributed by atoms with Crippen molar-refractivity contribution in [3.8, 4) is 0 Å². The molecule has 86 valence electrons. The Bertz CT molecular complexity index is 312. The van der Waals surface area contributed by atoms with E-state index in [1.165, 1.54) is 10.4 Å². The highest BCUT2D eigenvalue weighted by atomic mass is 32.1. The summed E-state index contributed by atoms with van der Waals surface area (Å²) < 4.78 is 6.27. The van der Waals surface area contributed by atoms with Gasteiger partial charge in [0, 0.05) is 4.88 Å². The van der Waals surface area contributed by atoms with E-state index in [2.05, 4.69) is 51.9 Å². The lowest BCUT2D eigenvalue weighted by atomic mass is 10.0. The Balaban J connectivity index is 2.89. The van der Waals surface area contributed by atoms with E-state index < -0.39 is 8.32 Å². The second-order valence-electron chi connectivity index (χ2n) is 5.33. The van der Waals surface area contributed by atoms with E-state index in [9.17, 15) is 0 Å². The van der Waals surface area contributed by atoms with E-state index in [0.717, 1.165) is 0 Å². The van der Waals surface area contributed by atoms with Gasteiger partial charge in [0.2, 0.25) is 0 Å². The molecule has 1 nitrogen and oxygen atoms in total. The summed E-state index contributed by atoms with van der Waals surface area (Å²) in [4.78, 5) is 1.40. The van der Waals surface area contributed by atoms with Gasteiger partial charge in [0.05, 0.1) is 6.10 Å². The van der Waals surface area contributed by atoms with Crippen LogP contribution in [0.15, 0.2) is 11.4 Å². The summed E-state index contributed by atoms with van der Waals surface area (Å²) in [6.45, 7) is 13.4. The van der Waals surface area contributed by atoms with Crippen molar-refractivity contribution in [1.82, 2.24) is 0 Å². The highest BCUT2D eigenvalue weighted by Gasteiger charge is 2.26. The van der Waals surface area contributed by atoms with Crippen molar-refractivity contribution in [2.24, 2.45) is 5.92 Å². The Morgan fingerprint density at radius 1 is 1.27 bits per heavy atom. The molecule has 15 heavy (non-hydrogen) atoms. The van der Waals surface area contributed by atoms with Crippen LogP contribution >= 0.6 is 11.3 Å². The molecule has 0 N–H and O–H groups in total. The van der Waals surface area contributed by atoms with Crippen molar-refractivity contribution < 1.29 is 4.43 Å². The molecular formula is C12H22OSSi. The van der Waals surface area contributed by atoms with Crippen molar-refractivity contribution in [2.75, 3.05) is 0 Å². The fourth-order valence-corrected chi connectivity index (χ4v) is 3.53. The van der Waals surface area contributed by atoms with Crippen LogP contribution in [0, 0.1) is 12.8 Å². The van der Waals surface area contributed by atoms with Gasteiger partial charge in [0.1, 0.15) is 0 Å². The third-order valence-corrected chi connectivity index (χ3v) is 4.11. The van der Waals surface area contributed by atoms with Crippen LogP contribution in [0.5, 0.6) is 0 Å². The molecule has 0 fully saturated rings. The number of aryl methyl sites for hydroxylation is 1. The third-order valence-electron chi connectivity index (χ3n) is 2.29. The van der Waals surface area contributed by atoms with Gasteiger partial charge in [-0.2, -0.15) is 0 Å². The van der Waals surface area contributed by atoms with Crippen LogP contribution in [0.25, 0.3) is 0 Å². The summed E-state index contributed by atoms with van der Waals surface area (Å²) in [7, 11) is -1.46. The van der Waals surface area contributed by atoms with E-state index in [1.807, 2.05) is 11.3 Å². The Morgan fingerprint density at radius 2 is 1.87 bits per heavy atom. The average molecular weight is 242 g/mol. The minimum atomic E-state index is -1.46. The molecular weight excluding hydrogens is 220 g/mol. The van der Waals surface area contributed by atoms with Crippen molar-refractivity contribution in [2.45, 2.75) is 46.5 Å². The maximum atomic E-state index is 6.27. The number of rotatable bonds is 4. The van der Waals surface area contributed by atoms with E-state index in [4.69, 9.17) is 4.43 Å². The molecule has 0 aliphatic carbocycles. The first-order valence-electron chi connectivity index (χ1n) is 5.53. The minimum Gasteiger partial charge on any atom is -0.410 e. The van der Waals surface area contributed by atoms with Crippen LogP contribution in [0.3, 0.4) is 0 Å². The maximum Gasteiger partial charge on any atom is 0.184 e. The highest BCUT2D eigenvalue weighted by molar-refractivity contribution is 7.10. The molecule has 0 saturated carbocycles. The predicted octanol–water partition coefficient (Wildman–Crippen LogP) is 4.61. The molecule has 0 amide bonds. The molecule has 0 aliphatic rings. The van der Waals surface area contributed by atoms with Gasteiger partial charge in [0.15, 0.2) is 8.32 Å². The second-order valence-corrected chi connectivity index (χ2v) is 10.9. The molecule has 0 radical (unpaired) electrons. The third kappa shape index (κ3) is 3.74. The summed E-state index contributed by atoms with van der Waals surface area (Å²) in [6, 6.07) is 2.21. The zero-order valence-electron chi connectivity index (χ0n) is 10.6. The summed E-state index contributed by atoms with van der Waals surface area (Å²) in [5, 5.41) is 2.16. The van der Waals surface area contributed by atoms with Gasteiger partial charge in [-0.15, -0.1) is 11.3 Å². The molecule has 0 spiro atoms. The Labute approximate surface area is 98.6 Å². The zero-order valence-corrected chi connectivity index (χ0v) is 12.4. The number of hydrogen-bond donors (Lipinski definition) is 0. The Morgan fingerprint density at radius 3 is 2.20 bits per heavy atom. The maximum absolute atomic E-state index is 6.27.